The lowest BCUT2D eigenvalue weighted by atomic mass is 9.75. The summed E-state index contributed by atoms with van der Waals surface area (Å²) < 4.78 is 4.97. The molecule has 6 heteroatoms. The second-order valence-corrected chi connectivity index (χ2v) is 6.31. The number of urea groups is 1. The van der Waals surface area contributed by atoms with Crippen LogP contribution >= 0.6 is 11.6 Å². The molecular formula is C16H19ClN2O3. The van der Waals surface area contributed by atoms with Crippen LogP contribution in [-0.4, -0.2) is 42.6 Å². The van der Waals surface area contributed by atoms with Crippen LogP contribution in [0.3, 0.4) is 0 Å². The Kier molecular flexibility index (Phi) is 4.36. The fraction of sp³-hybridized carbons (Fsp3) is 0.500. The maximum Gasteiger partial charge on any atom is 0.325 e. The third kappa shape index (κ3) is 2.83. The number of carbonyl (C=O) groups is 2. The van der Waals surface area contributed by atoms with Crippen molar-refractivity contribution < 1.29 is 14.3 Å². The summed E-state index contributed by atoms with van der Waals surface area (Å²) in [6, 6.07) is 7.04. The third-order valence-electron chi connectivity index (χ3n) is 4.46. The van der Waals surface area contributed by atoms with Crippen LogP contribution in [0.25, 0.3) is 0 Å². The van der Waals surface area contributed by atoms with Gasteiger partial charge in [0.15, 0.2) is 0 Å². The molecule has 0 bridgehead atoms. The first-order chi connectivity index (χ1) is 10.6. The number of nitrogens with one attached hydrogen (secondary N) is 1. The Morgan fingerprint density at radius 2 is 2.14 bits per heavy atom. The van der Waals surface area contributed by atoms with Gasteiger partial charge in [0.25, 0.3) is 5.91 Å². The van der Waals surface area contributed by atoms with Crippen LogP contribution in [0.4, 0.5) is 4.79 Å². The standard InChI is InChI=1S/C16H19ClN2O3/c1-22-6-5-14-15(20)19(16(21)18-14)13-8-11(9-13)10-3-2-4-12(17)7-10/h2-4,7,11,13-14H,5-6,8-9H2,1H3,(H,18,21). The Bertz CT molecular complexity index is 587. The molecular weight excluding hydrogens is 304 g/mol. The number of imide groups is 1. The minimum absolute atomic E-state index is 0.0102. The van der Waals surface area contributed by atoms with E-state index in [0.29, 0.717) is 18.9 Å². The zero-order valence-corrected chi connectivity index (χ0v) is 13.2. The van der Waals surface area contributed by atoms with E-state index in [9.17, 15) is 9.59 Å². The molecule has 22 heavy (non-hydrogen) atoms. The van der Waals surface area contributed by atoms with Crippen LogP contribution < -0.4 is 5.32 Å². The largest absolute Gasteiger partial charge is 0.385 e. The summed E-state index contributed by atoms with van der Waals surface area (Å²) in [6.07, 6.45) is 2.12. The molecule has 0 aromatic heterocycles. The summed E-state index contributed by atoms with van der Waals surface area (Å²) in [5.74, 6) is 0.235. The SMILES string of the molecule is COCCC1NC(=O)N(C2CC(c3cccc(Cl)c3)C2)C1=O. The van der Waals surface area contributed by atoms with Crippen molar-refractivity contribution in [1.29, 1.82) is 0 Å². The minimum atomic E-state index is -0.447. The van der Waals surface area contributed by atoms with Crippen molar-refractivity contribution in [3.05, 3.63) is 34.9 Å². The van der Waals surface area contributed by atoms with Gasteiger partial charge in [-0.1, -0.05) is 23.7 Å². The topological polar surface area (TPSA) is 58.6 Å². The highest BCUT2D eigenvalue weighted by Crippen LogP contribution is 2.41. The third-order valence-corrected chi connectivity index (χ3v) is 4.70. The molecule has 3 rings (SSSR count). The number of methoxy groups -OCH3 is 1. The molecule has 1 atom stereocenters. The quantitative estimate of drug-likeness (QED) is 0.848. The van der Waals surface area contributed by atoms with E-state index in [1.165, 1.54) is 10.5 Å². The highest BCUT2D eigenvalue weighted by molar-refractivity contribution is 6.30. The fourth-order valence-electron chi connectivity index (χ4n) is 3.16. The number of amides is 3. The van der Waals surface area contributed by atoms with E-state index in [-0.39, 0.29) is 18.0 Å². The second kappa shape index (κ2) is 6.26. The average molecular weight is 323 g/mol. The molecule has 1 aliphatic heterocycles. The highest BCUT2D eigenvalue weighted by Gasteiger charge is 2.46. The molecule has 2 fully saturated rings. The molecule has 1 saturated heterocycles. The van der Waals surface area contributed by atoms with Crippen molar-refractivity contribution >= 4 is 23.5 Å². The number of hydrogen-bond acceptors (Lipinski definition) is 3. The van der Waals surface area contributed by atoms with Gasteiger partial charge in [0.05, 0.1) is 0 Å². The van der Waals surface area contributed by atoms with E-state index in [2.05, 4.69) is 5.32 Å². The Hall–Kier alpha value is -1.59. The lowest BCUT2D eigenvalue weighted by Crippen LogP contribution is -2.47. The molecule has 1 aromatic carbocycles. The monoisotopic (exact) mass is 322 g/mol. The van der Waals surface area contributed by atoms with Gasteiger partial charge in [0.1, 0.15) is 6.04 Å². The minimum Gasteiger partial charge on any atom is -0.385 e. The number of hydrogen-bond donors (Lipinski definition) is 1. The van der Waals surface area contributed by atoms with Gasteiger partial charge in [0, 0.05) is 31.2 Å². The molecule has 1 saturated carbocycles. The first-order valence-corrected chi connectivity index (χ1v) is 7.86. The first-order valence-electron chi connectivity index (χ1n) is 7.48. The summed E-state index contributed by atoms with van der Waals surface area (Å²) >= 11 is 6.01. The number of rotatable bonds is 5. The van der Waals surface area contributed by atoms with Crippen molar-refractivity contribution in [3.63, 3.8) is 0 Å². The Morgan fingerprint density at radius 1 is 1.36 bits per heavy atom. The fourth-order valence-corrected chi connectivity index (χ4v) is 3.36. The van der Waals surface area contributed by atoms with Gasteiger partial charge >= 0.3 is 6.03 Å². The van der Waals surface area contributed by atoms with E-state index in [0.717, 1.165) is 17.9 Å². The van der Waals surface area contributed by atoms with E-state index >= 15 is 0 Å². The lowest BCUT2D eigenvalue weighted by molar-refractivity contribution is -0.130. The molecule has 0 radical (unpaired) electrons. The van der Waals surface area contributed by atoms with E-state index < -0.39 is 6.04 Å². The molecule has 1 aliphatic carbocycles. The number of nitrogens with zero attached hydrogens (tertiary/aromatic N) is 1. The van der Waals surface area contributed by atoms with Gasteiger partial charge < -0.3 is 10.1 Å². The zero-order chi connectivity index (χ0) is 15.7. The highest BCUT2D eigenvalue weighted by atomic mass is 35.5. The van der Waals surface area contributed by atoms with Crippen LogP contribution in [0.5, 0.6) is 0 Å². The molecule has 2 aliphatic rings. The molecule has 3 amide bonds. The van der Waals surface area contributed by atoms with Crippen LogP contribution in [0.2, 0.25) is 5.02 Å². The van der Waals surface area contributed by atoms with E-state index in [4.69, 9.17) is 16.3 Å². The maximum atomic E-state index is 12.3. The first kappa shape index (κ1) is 15.3. The van der Waals surface area contributed by atoms with Crippen molar-refractivity contribution in [2.75, 3.05) is 13.7 Å². The lowest BCUT2D eigenvalue weighted by Gasteiger charge is -2.40. The Labute approximate surface area is 134 Å². The average Bonchev–Trinajstić information content (AvgIpc) is 2.71. The molecule has 1 unspecified atom stereocenters. The van der Waals surface area contributed by atoms with Crippen LogP contribution in [0.1, 0.15) is 30.7 Å². The van der Waals surface area contributed by atoms with Crippen LogP contribution in [-0.2, 0) is 9.53 Å². The predicted molar refractivity (Wildman–Crippen MR) is 82.9 cm³/mol. The number of benzene rings is 1. The van der Waals surface area contributed by atoms with Crippen molar-refractivity contribution in [2.24, 2.45) is 0 Å². The second-order valence-electron chi connectivity index (χ2n) is 5.87. The van der Waals surface area contributed by atoms with Gasteiger partial charge in [-0.15, -0.1) is 0 Å². The van der Waals surface area contributed by atoms with Gasteiger partial charge in [-0.05, 0) is 36.5 Å². The van der Waals surface area contributed by atoms with Gasteiger partial charge in [-0.3, -0.25) is 9.69 Å². The van der Waals surface area contributed by atoms with Gasteiger partial charge in [-0.2, -0.15) is 0 Å². The van der Waals surface area contributed by atoms with Gasteiger partial charge in [-0.25, -0.2) is 4.79 Å². The molecule has 1 N–H and O–H groups in total. The Balaban J connectivity index is 1.60. The van der Waals surface area contributed by atoms with Crippen molar-refractivity contribution in [2.45, 2.75) is 37.3 Å². The predicted octanol–water partition coefficient (Wildman–Crippen LogP) is 2.54. The molecule has 1 heterocycles. The summed E-state index contributed by atoms with van der Waals surface area (Å²) in [5, 5.41) is 3.46. The smallest absolute Gasteiger partial charge is 0.325 e. The molecule has 0 spiro atoms. The Morgan fingerprint density at radius 3 is 2.82 bits per heavy atom. The summed E-state index contributed by atoms with van der Waals surface area (Å²) in [5.41, 5.74) is 1.17. The normalized spacial score (nSPS) is 27.7. The molecule has 5 nitrogen and oxygen atoms in total. The van der Waals surface area contributed by atoms with Crippen LogP contribution in [0, 0.1) is 0 Å². The van der Waals surface area contributed by atoms with Crippen molar-refractivity contribution in [1.82, 2.24) is 10.2 Å². The maximum absolute atomic E-state index is 12.3. The zero-order valence-electron chi connectivity index (χ0n) is 12.4. The number of halogens is 1. The van der Waals surface area contributed by atoms with Crippen LogP contribution in [0.15, 0.2) is 24.3 Å². The summed E-state index contributed by atoms with van der Waals surface area (Å²) in [7, 11) is 1.58. The summed E-state index contributed by atoms with van der Waals surface area (Å²) in [6.45, 7) is 0.459. The molecule has 118 valence electrons. The van der Waals surface area contributed by atoms with E-state index in [1.807, 2.05) is 24.3 Å². The number of carbonyl (C=O) groups excluding carboxylic acids is 2. The molecule has 1 aromatic rings. The summed E-state index contributed by atoms with van der Waals surface area (Å²) in [4.78, 5) is 25.7. The van der Waals surface area contributed by atoms with Gasteiger partial charge in [0.2, 0.25) is 0 Å². The van der Waals surface area contributed by atoms with Crippen molar-refractivity contribution in [3.8, 4) is 0 Å². The van der Waals surface area contributed by atoms with E-state index in [1.54, 1.807) is 7.11 Å². The number of ether oxygens (including phenoxy) is 1.